The van der Waals surface area contributed by atoms with E-state index in [0.717, 1.165) is 21.6 Å². The van der Waals surface area contributed by atoms with Crippen LogP contribution in [-0.4, -0.2) is 19.7 Å². The molecule has 1 aromatic carbocycles. The predicted octanol–water partition coefficient (Wildman–Crippen LogP) is 3.79. The minimum absolute atomic E-state index is 0.308. The second-order valence-electron chi connectivity index (χ2n) is 4.04. The number of hydrogen-bond acceptors (Lipinski definition) is 4. The van der Waals surface area contributed by atoms with Crippen LogP contribution in [0.15, 0.2) is 24.3 Å². The molecule has 1 heterocycles. The molecule has 4 heteroatoms. The highest BCUT2D eigenvalue weighted by Crippen LogP contribution is 2.34. The summed E-state index contributed by atoms with van der Waals surface area (Å²) in [6, 6.07) is 5.99. The van der Waals surface area contributed by atoms with E-state index in [0.29, 0.717) is 6.61 Å². The maximum Gasteiger partial charge on any atom is 0.330 e. The lowest BCUT2D eigenvalue weighted by Gasteiger charge is -1.99. The number of aryl methyl sites for hydroxylation is 1. The van der Waals surface area contributed by atoms with Crippen LogP contribution in [-0.2, 0) is 9.53 Å². The van der Waals surface area contributed by atoms with E-state index >= 15 is 0 Å². The number of fused-ring (bicyclic) bond motifs is 1. The molecule has 2 aromatic rings. The Labute approximate surface area is 116 Å². The fourth-order valence-corrected chi connectivity index (χ4v) is 2.93. The standard InChI is InChI=1S/C15H16O3S/c1-4-18-15(16)8-7-13-10(2)12-9-11(17-3)5-6-14(12)19-13/h5-9H,4H2,1-3H3/b8-7+. The van der Waals surface area contributed by atoms with Gasteiger partial charge in [-0.1, -0.05) is 0 Å². The van der Waals surface area contributed by atoms with Crippen LogP contribution in [0.1, 0.15) is 17.4 Å². The van der Waals surface area contributed by atoms with Gasteiger partial charge in [-0.3, -0.25) is 0 Å². The number of benzene rings is 1. The van der Waals surface area contributed by atoms with Gasteiger partial charge in [0.2, 0.25) is 0 Å². The number of ether oxygens (including phenoxy) is 2. The van der Waals surface area contributed by atoms with Crippen molar-refractivity contribution in [2.24, 2.45) is 0 Å². The molecule has 0 bridgehead atoms. The summed E-state index contributed by atoms with van der Waals surface area (Å²) in [5.41, 5.74) is 1.15. The smallest absolute Gasteiger partial charge is 0.330 e. The molecule has 3 nitrogen and oxygen atoms in total. The number of rotatable bonds is 4. The third-order valence-electron chi connectivity index (χ3n) is 2.84. The monoisotopic (exact) mass is 276 g/mol. The lowest BCUT2D eigenvalue weighted by Crippen LogP contribution is -1.98. The van der Waals surface area contributed by atoms with Crippen LogP contribution >= 0.6 is 11.3 Å². The van der Waals surface area contributed by atoms with Gasteiger partial charge in [-0.25, -0.2) is 4.79 Å². The molecular weight excluding hydrogens is 260 g/mol. The maximum atomic E-state index is 11.3. The van der Waals surface area contributed by atoms with Crippen molar-refractivity contribution in [3.63, 3.8) is 0 Å². The van der Waals surface area contributed by atoms with Crippen molar-refractivity contribution in [2.75, 3.05) is 13.7 Å². The molecule has 0 saturated heterocycles. The number of esters is 1. The van der Waals surface area contributed by atoms with Gasteiger partial charge in [0.1, 0.15) is 5.75 Å². The molecule has 2 rings (SSSR count). The van der Waals surface area contributed by atoms with E-state index in [1.165, 1.54) is 10.8 Å². The highest BCUT2D eigenvalue weighted by atomic mass is 32.1. The number of hydrogen-bond donors (Lipinski definition) is 0. The van der Waals surface area contributed by atoms with Gasteiger partial charge in [0.25, 0.3) is 0 Å². The van der Waals surface area contributed by atoms with Crippen molar-refractivity contribution in [2.45, 2.75) is 13.8 Å². The van der Waals surface area contributed by atoms with Crippen LogP contribution < -0.4 is 4.74 Å². The molecule has 0 aliphatic rings. The molecule has 0 saturated carbocycles. The van der Waals surface area contributed by atoms with E-state index in [2.05, 4.69) is 0 Å². The summed E-state index contributed by atoms with van der Waals surface area (Å²) in [5, 5.41) is 1.16. The first kappa shape index (κ1) is 13.6. The molecule has 19 heavy (non-hydrogen) atoms. The Morgan fingerprint density at radius 3 is 2.89 bits per heavy atom. The molecule has 100 valence electrons. The van der Waals surface area contributed by atoms with Crippen LogP contribution in [0.4, 0.5) is 0 Å². The lowest BCUT2D eigenvalue weighted by atomic mass is 10.1. The summed E-state index contributed by atoms with van der Waals surface area (Å²) in [4.78, 5) is 12.4. The Kier molecular flexibility index (Phi) is 4.22. The van der Waals surface area contributed by atoms with Crippen molar-refractivity contribution >= 4 is 33.5 Å². The van der Waals surface area contributed by atoms with Crippen LogP contribution in [0, 0.1) is 6.92 Å². The quantitative estimate of drug-likeness (QED) is 0.629. The van der Waals surface area contributed by atoms with Gasteiger partial charge in [0.15, 0.2) is 0 Å². The van der Waals surface area contributed by atoms with Crippen molar-refractivity contribution < 1.29 is 14.3 Å². The van der Waals surface area contributed by atoms with Crippen molar-refractivity contribution in [1.82, 2.24) is 0 Å². The second kappa shape index (κ2) is 5.89. The van der Waals surface area contributed by atoms with Gasteiger partial charge >= 0.3 is 5.97 Å². The number of carbonyl (C=O) groups excluding carboxylic acids is 1. The van der Waals surface area contributed by atoms with Gasteiger partial charge in [0, 0.05) is 15.7 Å². The number of carbonyl (C=O) groups is 1. The summed E-state index contributed by atoms with van der Waals surface area (Å²) in [5.74, 6) is 0.534. The van der Waals surface area contributed by atoms with Crippen LogP contribution in [0.25, 0.3) is 16.2 Å². The Morgan fingerprint density at radius 2 is 2.21 bits per heavy atom. The van der Waals surface area contributed by atoms with Crippen molar-refractivity contribution in [3.05, 3.63) is 34.7 Å². The summed E-state index contributed by atoms with van der Waals surface area (Å²) in [6.07, 6.45) is 3.28. The van der Waals surface area contributed by atoms with Gasteiger partial charge in [-0.15, -0.1) is 11.3 Å². The zero-order chi connectivity index (χ0) is 13.8. The van der Waals surface area contributed by atoms with E-state index in [-0.39, 0.29) is 5.97 Å². The Hall–Kier alpha value is -1.81. The average Bonchev–Trinajstić information content (AvgIpc) is 2.73. The molecule has 0 atom stereocenters. The molecule has 0 spiro atoms. The van der Waals surface area contributed by atoms with Crippen molar-refractivity contribution in [1.29, 1.82) is 0 Å². The molecule has 1 aromatic heterocycles. The molecule has 0 radical (unpaired) electrons. The molecule has 0 aliphatic heterocycles. The van der Waals surface area contributed by atoms with Crippen LogP contribution in [0.5, 0.6) is 5.75 Å². The highest BCUT2D eigenvalue weighted by molar-refractivity contribution is 7.20. The fraction of sp³-hybridized carbons (Fsp3) is 0.267. The summed E-state index contributed by atoms with van der Waals surface area (Å²) in [7, 11) is 1.66. The molecular formula is C15H16O3S. The van der Waals surface area contributed by atoms with Gasteiger partial charge < -0.3 is 9.47 Å². The summed E-state index contributed by atoms with van der Waals surface area (Å²) < 4.78 is 11.3. The highest BCUT2D eigenvalue weighted by Gasteiger charge is 2.07. The van der Waals surface area contributed by atoms with Gasteiger partial charge in [-0.2, -0.15) is 0 Å². The normalized spacial score (nSPS) is 11.1. The first-order valence-electron chi connectivity index (χ1n) is 6.07. The van der Waals surface area contributed by atoms with Gasteiger partial charge in [0.05, 0.1) is 13.7 Å². The summed E-state index contributed by atoms with van der Waals surface area (Å²) in [6.45, 7) is 4.23. The van der Waals surface area contributed by atoms with E-state index in [1.807, 2.05) is 31.2 Å². The SMILES string of the molecule is CCOC(=O)/C=C/c1sc2ccc(OC)cc2c1C. The Bertz CT molecular complexity index is 626. The fourth-order valence-electron chi connectivity index (χ4n) is 1.84. The van der Waals surface area contributed by atoms with E-state index in [9.17, 15) is 4.79 Å². The molecule has 0 aliphatic carbocycles. The Balaban J connectivity index is 2.34. The third-order valence-corrected chi connectivity index (χ3v) is 4.08. The predicted molar refractivity (Wildman–Crippen MR) is 78.8 cm³/mol. The van der Waals surface area contributed by atoms with E-state index < -0.39 is 0 Å². The van der Waals surface area contributed by atoms with Crippen LogP contribution in [0.2, 0.25) is 0 Å². The lowest BCUT2D eigenvalue weighted by molar-refractivity contribution is -0.137. The first-order chi connectivity index (χ1) is 9.15. The van der Waals surface area contributed by atoms with E-state index in [4.69, 9.17) is 9.47 Å². The molecule has 0 fully saturated rings. The van der Waals surface area contributed by atoms with Crippen molar-refractivity contribution in [3.8, 4) is 5.75 Å². The van der Waals surface area contributed by atoms with Gasteiger partial charge in [-0.05, 0) is 49.1 Å². The maximum absolute atomic E-state index is 11.3. The number of thiophene rings is 1. The molecule has 0 N–H and O–H groups in total. The Morgan fingerprint density at radius 1 is 1.42 bits per heavy atom. The molecule has 0 amide bonds. The minimum Gasteiger partial charge on any atom is -0.497 e. The minimum atomic E-state index is -0.308. The average molecular weight is 276 g/mol. The first-order valence-corrected chi connectivity index (χ1v) is 6.89. The largest absolute Gasteiger partial charge is 0.497 e. The summed E-state index contributed by atoms with van der Waals surface area (Å²) >= 11 is 1.65. The second-order valence-corrected chi connectivity index (χ2v) is 5.12. The molecule has 0 unspecified atom stereocenters. The van der Waals surface area contributed by atoms with Crippen LogP contribution in [0.3, 0.4) is 0 Å². The zero-order valence-corrected chi connectivity index (χ0v) is 12.0. The van der Waals surface area contributed by atoms with E-state index in [1.54, 1.807) is 25.4 Å². The number of methoxy groups -OCH3 is 1. The third kappa shape index (κ3) is 2.96. The zero-order valence-electron chi connectivity index (χ0n) is 11.2. The topological polar surface area (TPSA) is 35.5 Å².